The summed E-state index contributed by atoms with van der Waals surface area (Å²) in [5, 5.41) is 1.91. The van der Waals surface area contributed by atoms with Gasteiger partial charge in [-0.15, -0.1) is 11.3 Å². The van der Waals surface area contributed by atoms with E-state index in [-0.39, 0.29) is 5.83 Å². The molecule has 0 bridgehead atoms. The van der Waals surface area contributed by atoms with Gasteiger partial charge < -0.3 is 0 Å². The molecule has 0 amide bonds. The Balaban J connectivity index is 2.36. The molecule has 1 nitrogen and oxygen atoms in total. The molecule has 75 valence electrons. The van der Waals surface area contributed by atoms with E-state index < -0.39 is 0 Å². The summed E-state index contributed by atoms with van der Waals surface area (Å²) < 4.78 is 13.2. The Hall–Kier alpha value is -1.48. The van der Waals surface area contributed by atoms with Gasteiger partial charge in [0.2, 0.25) is 0 Å². The first-order valence-corrected chi connectivity index (χ1v) is 5.33. The minimum Gasteiger partial charge on any atom is -0.264 e. The average molecular weight is 218 g/mol. The van der Waals surface area contributed by atoms with Crippen LogP contribution in [-0.4, -0.2) is 4.98 Å². The highest BCUT2D eigenvalue weighted by Crippen LogP contribution is 2.29. The van der Waals surface area contributed by atoms with Gasteiger partial charge in [-0.25, -0.2) is 4.39 Å². The molecule has 1 radical (unpaired) electrons. The van der Waals surface area contributed by atoms with Crippen molar-refractivity contribution in [2.75, 3.05) is 0 Å². The molecule has 0 saturated carbocycles. The van der Waals surface area contributed by atoms with Gasteiger partial charge in [-0.3, -0.25) is 4.98 Å². The number of rotatable bonds is 2. The van der Waals surface area contributed by atoms with Gasteiger partial charge in [-0.1, -0.05) is 6.07 Å². The highest BCUT2D eigenvalue weighted by Gasteiger charge is 2.05. The molecule has 0 N–H and O–H groups in total. The average Bonchev–Trinajstić information content (AvgIpc) is 2.78. The van der Waals surface area contributed by atoms with E-state index in [0.29, 0.717) is 4.88 Å². The van der Waals surface area contributed by atoms with Crippen molar-refractivity contribution < 1.29 is 4.39 Å². The van der Waals surface area contributed by atoms with Gasteiger partial charge in [0.1, 0.15) is 5.83 Å². The van der Waals surface area contributed by atoms with Crippen LogP contribution in [0.25, 0.3) is 17.0 Å². The van der Waals surface area contributed by atoms with Crippen LogP contribution in [0.4, 0.5) is 4.39 Å². The molecule has 2 aromatic rings. The van der Waals surface area contributed by atoms with Crippen LogP contribution in [0, 0.1) is 6.92 Å². The van der Waals surface area contributed by atoms with Crippen molar-refractivity contribution in [3.8, 4) is 11.1 Å². The largest absolute Gasteiger partial charge is 0.264 e. The first-order valence-electron chi connectivity index (χ1n) is 4.45. The van der Waals surface area contributed by atoms with Crippen LogP contribution in [0.15, 0.2) is 42.0 Å². The summed E-state index contributed by atoms with van der Waals surface area (Å²) in [6.07, 6.45) is 4.70. The third-order valence-electron chi connectivity index (χ3n) is 2.01. The minimum atomic E-state index is -0.282. The van der Waals surface area contributed by atoms with Crippen molar-refractivity contribution in [3.05, 3.63) is 53.8 Å². The normalized spacial score (nSPS) is 11.7. The lowest BCUT2D eigenvalue weighted by Gasteiger charge is -1.94. The van der Waals surface area contributed by atoms with Crippen LogP contribution in [0.5, 0.6) is 0 Å². The standard InChI is InChI=1S/C12H9FNS/c1-2-11(13)12-6-10(8-15-12)9-4-3-5-14-7-9/h2-8H,1H2/b11-2+. The number of halogens is 1. The van der Waals surface area contributed by atoms with Crippen molar-refractivity contribution in [2.24, 2.45) is 0 Å². The fourth-order valence-electron chi connectivity index (χ4n) is 1.25. The van der Waals surface area contributed by atoms with Gasteiger partial charge in [0.05, 0.1) is 4.88 Å². The van der Waals surface area contributed by atoms with Crippen molar-refractivity contribution >= 4 is 17.2 Å². The van der Waals surface area contributed by atoms with Crippen LogP contribution < -0.4 is 0 Å². The van der Waals surface area contributed by atoms with Crippen molar-refractivity contribution in [1.29, 1.82) is 0 Å². The molecule has 3 heteroatoms. The SMILES string of the molecule is [CH2]/C=C(/F)c1cc(-c2cccnc2)cs1. The minimum absolute atomic E-state index is 0.282. The molecule has 0 aromatic carbocycles. The summed E-state index contributed by atoms with van der Waals surface area (Å²) in [7, 11) is 0. The number of pyridine rings is 1. The molecule has 0 atom stereocenters. The number of hydrogen-bond acceptors (Lipinski definition) is 2. The Bertz CT molecular complexity index is 473. The second-order valence-electron chi connectivity index (χ2n) is 2.99. The Kier molecular flexibility index (Phi) is 2.92. The fourth-order valence-corrected chi connectivity index (χ4v) is 2.10. The predicted octanol–water partition coefficient (Wildman–Crippen LogP) is 3.95. The van der Waals surface area contributed by atoms with E-state index in [4.69, 9.17) is 0 Å². The van der Waals surface area contributed by atoms with Crippen LogP contribution >= 0.6 is 11.3 Å². The first kappa shape index (κ1) is 10.1. The maximum atomic E-state index is 13.2. The Labute approximate surface area is 91.9 Å². The lowest BCUT2D eigenvalue weighted by atomic mass is 10.1. The van der Waals surface area contributed by atoms with Gasteiger partial charge in [0.25, 0.3) is 0 Å². The van der Waals surface area contributed by atoms with Crippen molar-refractivity contribution in [2.45, 2.75) is 0 Å². The Morgan fingerprint density at radius 1 is 1.47 bits per heavy atom. The molecule has 15 heavy (non-hydrogen) atoms. The zero-order valence-corrected chi connectivity index (χ0v) is 8.80. The lowest BCUT2D eigenvalue weighted by molar-refractivity contribution is 0.764. The monoisotopic (exact) mass is 218 g/mol. The second kappa shape index (κ2) is 4.36. The van der Waals surface area contributed by atoms with Crippen molar-refractivity contribution in [1.82, 2.24) is 4.98 Å². The number of aromatic nitrogens is 1. The van der Waals surface area contributed by atoms with Gasteiger partial charge >= 0.3 is 0 Å². The molecule has 0 spiro atoms. The maximum Gasteiger partial charge on any atom is 0.136 e. The van der Waals surface area contributed by atoms with Crippen LogP contribution in [0.1, 0.15) is 4.88 Å². The van der Waals surface area contributed by atoms with E-state index in [1.807, 2.05) is 17.5 Å². The summed E-state index contributed by atoms with van der Waals surface area (Å²) in [4.78, 5) is 4.62. The quantitative estimate of drug-likeness (QED) is 0.743. The van der Waals surface area contributed by atoms with E-state index >= 15 is 0 Å². The van der Waals surface area contributed by atoms with E-state index in [0.717, 1.165) is 11.1 Å². The van der Waals surface area contributed by atoms with Crippen molar-refractivity contribution in [3.63, 3.8) is 0 Å². The zero-order chi connectivity index (χ0) is 10.7. The van der Waals surface area contributed by atoms with Gasteiger partial charge in [-0.05, 0) is 36.1 Å². The highest BCUT2D eigenvalue weighted by atomic mass is 32.1. The van der Waals surface area contributed by atoms with E-state index in [1.165, 1.54) is 17.4 Å². The number of hydrogen-bond donors (Lipinski definition) is 0. The molecule has 0 fully saturated rings. The highest BCUT2D eigenvalue weighted by molar-refractivity contribution is 7.11. The second-order valence-corrected chi connectivity index (χ2v) is 3.90. The number of allylic oxidation sites excluding steroid dienone is 1. The molecule has 0 saturated heterocycles. The Morgan fingerprint density at radius 3 is 3.00 bits per heavy atom. The molecular formula is C12H9FNS. The van der Waals surface area contributed by atoms with E-state index in [2.05, 4.69) is 11.9 Å². The van der Waals surface area contributed by atoms with Gasteiger partial charge in [-0.2, -0.15) is 0 Å². The molecule has 0 aliphatic heterocycles. The number of thiophene rings is 1. The van der Waals surface area contributed by atoms with Crippen LogP contribution in [0.2, 0.25) is 0 Å². The summed E-state index contributed by atoms with van der Waals surface area (Å²) in [5.41, 5.74) is 1.98. The van der Waals surface area contributed by atoms with Gasteiger partial charge in [0, 0.05) is 18.0 Å². The van der Waals surface area contributed by atoms with Gasteiger partial charge in [0.15, 0.2) is 0 Å². The molecule has 2 aromatic heterocycles. The summed E-state index contributed by atoms with van der Waals surface area (Å²) in [6, 6.07) is 5.61. The van der Waals surface area contributed by atoms with E-state index in [1.54, 1.807) is 18.5 Å². The molecule has 0 aliphatic carbocycles. The number of nitrogens with zero attached hydrogens (tertiary/aromatic N) is 1. The molecule has 0 unspecified atom stereocenters. The predicted molar refractivity (Wildman–Crippen MR) is 62.0 cm³/mol. The fraction of sp³-hybridized carbons (Fsp3) is 0. The summed E-state index contributed by atoms with van der Waals surface area (Å²) in [5.74, 6) is -0.282. The molecule has 0 aliphatic rings. The third-order valence-corrected chi connectivity index (χ3v) is 2.95. The molecule has 2 heterocycles. The maximum absolute atomic E-state index is 13.2. The third kappa shape index (κ3) is 2.13. The molecule has 2 rings (SSSR count). The first-order chi connectivity index (χ1) is 7.31. The Morgan fingerprint density at radius 2 is 2.33 bits per heavy atom. The smallest absolute Gasteiger partial charge is 0.136 e. The molecular weight excluding hydrogens is 209 g/mol. The summed E-state index contributed by atoms with van der Waals surface area (Å²) >= 11 is 1.37. The lowest BCUT2D eigenvalue weighted by Crippen LogP contribution is -1.74. The van der Waals surface area contributed by atoms with Crippen LogP contribution in [0.3, 0.4) is 0 Å². The zero-order valence-electron chi connectivity index (χ0n) is 7.98. The summed E-state index contributed by atoms with van der Waals surface area (Å²) in [6.45, 7) is 3.40. The van der Waals surface area contributed by atoms with E-state index in [9.17, 15) is 4.39 Å². The van der Waals surface area contributed by atoms with Crippen LogP contribution in [-0.2, 0) is 0 Å². The topological polar surface area (TPSA) is 12.9 Å².